The topological polar surface area (TPSA) is 87.1 Å². The van der Waals surface area contributed by atoms with E-state index in [0.29, 0.717) is 5.13 Å². The minimum absolute atomic E-state index is 0.155. The van der Waals surface area contributed by atoms with Crippen LogP contribution in [0.3, 0.4) is 0 Å². The molecular weight excluding hydrogens is 252 g/mol. The summed E-state index contributed by atoms with van der Waals surface area (Å²) in [6, 6.07) is -0.475. The van der Waals surface area contributed by atoms with E-state index in [1.807, 2.05) is 6.92 Å². The molecule has 1 aliphatic carbocycles. The van der Waals surface area contributed by atoms with E-state index in [9.17, 15) is 9.90 Å². The first kappa shape index (κ1) is 13.2. The Morgan fingerprint density at radius 3 is 2.89 bits per heavy atom. The van der Waals surface area contributed by atoms with Gasteiger partial charge in [0.15, 0.2) is 0 Å². The maximum atomic E-state index is 11.7. The molecule has 0 bridgehead atoms. The molecular formula is C11H18N4O2S. The van der Waals surface area contributed by atoms with Crippen LogP contribution in [0.25, 0.3) is 0 Å². The van der Waals surface area contributed by atoms with Crippen molar-refractivity contribution in [2.45, 2.75) is 51.2 Å². The van der Waals surface area contributed by atoms with Crippen LogP contribution in [0.1, 0.15) is 37.6 Å². The highest BCUT2D eigenvalue weighted by atomic mass is 32.1. The molecule has 1 saturated carbocycles. The number of aliphatic hydroxyl groups is 1. The summed E-state index contributed by atoms with van der Waals surface area (Å²) in [4.78, 5) is 11.7. The van der Waals surface area contributed by atoms with Gasteiger partial charge in [-0.1, -0.05) is 31.1 Å². The molecule has 1 heterocycles. The van der Waals surface area contributed by atoms with Crippen molar-refractivity contribution < 1.29 is 9.90 Å². The first-order valence-electron chi connectivity index (χ1n) is 6.27. The van der Waals surface area contributed by atoms with E-state index in [2.05, 4.69) is 20.8 Å². The minimum atomic E-state index is -0.440. The molecule has 0 radical (unpaired) electrons. The van der Waals surface area contributed by atoms with Crippen LogP contribution in [0.5, 0.6) is 0 Å². The van der Waals surface area contributed by atoms with Crippen molar-refractivity contribution in [3.8, 4) is 0 Å². The SMILES string of the molecule is CCc1nnc(NC(=O)NC2CCCCC2O)s1. The molecule has 0 aromatic carbocycles. The monoisotopic (exact) mass is 270 g/mol. The fourth-order valence-corrected chi connectivity index (χ4v) is 2.70. The molecule has 7 heteroatoms. The summed E-state index contributed by atoms with van der Waals surface area (Å²) < 4.78 is 0. The number of carbonyl (C=O) groups is 1. The number of carbonyl (C=O) groups excluding carboxylic acids is 1. The first-order chi connectivity index (χ1) is 8.69. The highest BCUT2D eigenvalue weighted by molar-refractivity contribution is 7.15. The van der Waals surface area contributed by atoms with E-state index in [1.54, 1.807) is 0 Å². The predicted molar refractivity (Wildman–Crippen MR) is 69.7 cm³/mol. The van der Waals surface area contributed by atoms with Crippen LogP contribution in [-0.4, -0.2) is 33.5 Å². The minimum Gasteiger partial charge on any atom is -0.391 e. The molecule has 6 nitrogen and oxygen atoms in total. The molecule has 18 heavy (non-hydrogen) atoms. The molecule has 2 amide bonds. The van der Waals surface area contributed by atoms with Gasteiger partial charge in [-0.15, -0.1) is 10.2 Å². The van der Waals surface area contributed by atoms with Crippen molar-refractivity contribution in [2.75, 3.05) is 5.32 Å². The number of nitrogens with one attached hydrogen (secondary N) is 2. The van der Waals surface area contributed by atoms with Gasteiger partial charge < -0.3 is 10.4 Å². The lowest BCUT2D eigenvalue weighted by atomic mass is 9.93. The molecule has 1 aliphatic rings. The number of aliphatic hydroxyl groups excluding tert-OH is 1. The maximum absolute atomic E-state index is 11.7. The number of aryl methyl sites for hydroxylation is 1. The Morgan fingerprint density at radius 2 is 2.22 bits per heavy atom. The molecule has 2 unspecified atom stereocenters. The summed E-state index contributed by atoms with van der Waals surface area (Å²) >= 11 is 1.37. The summed E-state index contributed by atoms with van der Waals surface area (Å²) in [6.45, 7) is 1.99. The molecule has 100 valence electrons. The second-order valence-corrected chi connectivity index (χ2v) is 5.47. The number of hydrogen-bond donors (Lipinski definition) is 3. The Bertz CT molecular complexity index is 410. The Labute approximate surface area is 110 Å². The van der Waals surface area contributed by atoms with E-state index in [-0.39, 0.29) is 12.1 Å². The summed E-state index contributed by atoms with van der Waals surface area (Å²) in [7, 11) is 0. The van der Waals surface area contributed by atoms with Crippen LogP contribution in [0, 0.1) is 0 Å². The van der Waals surface area contributed by atoms with Crippen molar-refractivity contribution >= 4 is 22.5 Å². The zero-order valence-corrected chi connectivity index (χ0v) is 11.2. The number of urea groups is 1. The molecule has 2 rings (SSSR count). The van der Waals surface area contributed by atoms with Crippen molar-refractivity contribution in [3.63, 3.8) is 0 Å². The largest absolute Gasteiger partial charge is 0.391 e. The molecule has 1 aromatic rings. The third kappa shape index (κ3) is 3.39. The standard InChI is InChI=1S/C11H18N4O2S/c1-2-9-14-15-11(18-9)13-10(17)12-7-5-3-4-6-8(7)16/h7-8,16H,2-6H2,1H3,(H2,12,13,15,17). The summed E-state index contributed by atoms with van der Waals surface area (Å²) in [5.74, 6) is 0. The number of aromatic nitrogens is 2. The van der Waals surface area contributed by atoms with Crippen LogP contribution in [0.2, 0.25) is 0 Å². The van der Waals surface area contributed by atoms with E-state index in [4.69, 9.17) is 0 Å². The Balaban J connectivity index is 1.84. The molecule has 0 aliphatic heterocycles. The van der Waals surface area contributed by atoms with E-state index < -0.39 is 6.10 Å². The molecule has 3 N–H and O–H groups in total. The Morgan fingerprint density at radius 1 is 1.44 bits per heavy atom. The van der Waals surface area contributed by atoms with Gasteiger partial charge in [0.25, 0.3) is 0 Å². The highest BCUT2D eigenvalue weighted by Gasteiger charge is 2.24. The van der Waals surface area contributed by atoms with Crippen LogP contribution in [-0.2, 0) is 6.42 Å². The fourth-order valence-electron chi connectivity index (χ4n) is 2.03. The van der Waals surface area contributed by atoms with Crippen molar-refractivity contribution in [3.05, 3.63) is 5.01 Å². The summed E-state index contributed by atoms with van der Waals surface area (Å²) in [5.41, 5.74) is 0. The van der Waals surface area contributed by atoms with Gasteiger partial charge >= 0.3 is 6.03 Å². The second-order valence-electron chi connectivity index (χ2n) is 4.41. The fraction of sp³-hybridized carbons (Fsp3) is 0.727. The van der Waals surface area contributed by atoms with Crippen LogP contribution < -0.4 is 10.6 Å². The molecule has 1 fully saturated rings. The summed E-state index contributed by atoms with van der Waals surface area (Å²) in [6.07, 6.45) is 4.01. The van der Waals surface area contributed by atoms with Gasteiger partial charge in [0, 0.05) is 0 Å². The lowest BCUT2D eigenvalue weighted by Gasteiger charge is -2.28. The van der Waals surface area contributed by atoms with Crippen LogP contribution in [0.4, 0.5) is 9.93 Å². The first-order valence-corrected chi connectivity index (χ1v) is 7.08. The average molecular weight is 270 g/mol. The molecule has 0 spiro atoms. The van der Waals surface area contributed by atoms with Gasteiger partial charge in [-0.25, -0.2) is 4.79 Å². The normalized spacial score (nSPS) is 23.7. The Hall–Kier alpha value is -1.21. The quantitative estimate of drug-likeness (QED) is 0.777. The number of amides is 2. The number of rotatable bonds is 3. The Kier molecular flexibility index (Phi) is 4.48. The van der Waals surface area contributed by atoms with Crippen molar-refractivity contribution in [1.82, 2.24) is 15.5 Å². The number of anilines is 1. The molecule has 2 atom stereocenters. The van der Waals surface area contributed by atoms with Crippen molar-refractivity contribution in [2.24, 2.45) is 0 Å². The lowest BCUT2D eigenvalue weighted by molar-refractivity contribution is 0.0955. The van der Waals surface area contributed by atoms with Crippen LogP contribution in [0.15, 0.2) is 0 Å². The van der Waals surface area contributed by atoms with Crippen LogP contribution >= 0.6 is 11.3 Å². The average Bonchev–Trinajstić information content (AvgIpc) is 2.80. The predicted octanol–water partition coefficient (Wildman–Crippen LogP) is 1.53. The second kappa shape index (κ2) is 6.10. The number of hydrogen-bond acceptors (Lipinski definition) is 5. The van der Waals surface area contributed by atoms with E-state index in [0.717, 1.165) is 37.1 Å². The van der Waals surface area contributed by atoms with Gasteiger partial charge in [0.1, 0.15) is 5.01 Å². The summed E-state index contributed by atoms with van der Waals surface area (Å²) in [5, 5.41) is 24.4. The van der Waals surface area contributed by atoms with Crippen molar-refractivity contribution in [1.29, 1.82) is 0 Å². The zero-order chi connectivity index (χ0) is 13.0. The van der Waals surface area contributed by atoms with E-state index in [1.165, 1.54) is 11.3 Å². The third-order valence-electron chi connectivity index (χ3n) is 3.04. The zero-order valence-electron chi connectivity index (χ0n) is 10.3. The smallest absolute Gasteiger partial charge is 0.321 e. The lowest BCUT2D eigenvalue weighted by Crippen LogP contribution is -2.46. The van der Waals surface area contributed by atoms with E-state index >= 15 is 0 Å². The van der Waals surface area contributed by atoms with Gasteiger partial charge in [0.2, 0.25) is 5.13 Å². The van der Waals surface area contributed by atoms with Gasteiger partial charge in [0.05, 0.1) is 12.1 Å². The molecule has 0 saturated heterocycles. The van der Waals surface area contributed by atoms with Gasteiger partial charge in [-0.3, -0.25) is 5.32 Å². The number of nitrogens with zero attached hydrogens (tertiary/aromatic N) is 2. The van der Waals surface area contributed by atoms with Gasteiger partial charge in [-0.05, 0) is 19.3 Å². The highest BCUT2D eigenvalue weighted by Crippen LogP contribution is 2.19. The third-order valence-corrected chi connectivity index (χ3v) is 4.02. The maximum Gasteiger partial charge on any atom is 0.321 e. The molecule has 1 aromatic heterocycles. The van der Waals surface area contributed by atoms with Gasteiger partial charge in [-0.2, -0.15) is 0 Å².